The molecule has 3 aliphatic rings. The van der Waals surface area contributed by atoms with Crippen LogP contribution >= 0.6 is 11.6 Å². The first-order valence-electron chi connectivity index (χ1n) is 15.8. The Morgan fingerprint density at radius 2 is 2.09 bits per heavy atom. The van der Waals surface area contributed by atoms with Crippen LogP contribution in [0.1, 0.15) is 32.1 Å². The fourth-order valence-electron chi connectivity index (χ4n) is 7.71. The van der Waals surface area contributed by atoms with Crippen molar-refractivity contribution >= 4 is 45.0 Å². The Morgan fingerprint density at radius 3 is 2.87 bits per heavy atom. The molecule has 3 saturated heterocycles. The van der Waals surface area contributed by atoms with Crippen molar-refractivity contribution in [2.24, 2.45) is 0 Å². The number of nitrogens with zero attached hydrogens (tertiary/aromatic N) is 7. The number of benzene rings is 2. The average Bonchev–Trinajstić information content (AvgIpc) is 3.75. The molecule has 12 heteroatoms. The van der Waals surface area contributed by atoms with Crippen molar-refractivity contribution in [2.45, 2.75) is 55.9 Å². The zero-order chi connectivity index (χ0) is 32.9. The summed E-state index contributed by atoms with van der Waals surface area (Å²) in [6.07, 6.45) is 4.66. The average molecular weight is 658 g/mol. The second kappa shape index (κ2) is 12.3. The molecular formula is C35H34ClF2N7O2. The molecule has 5 heterocycles. The first-order valence-corrected chi connectivity index (χ1v) is 16.2. The second-order valence-corrected chi connectivity index (χ2v) is 13.1. The van der Waals surface area contributed by atoms with Crippen LogP contribution in [-0.4, -0.2) is 87.7 Å². The number of ether oxygens (including phenoxy) is 1. The minimum atomic E-state index is -0.929. The molecule has 47 heavy (non-hydrogen) atoms. The maximum Gasteiger partial charge on any atom is 0.319 e. The Bertz CT molecular complexity index is 1930. The van der Waals surface area contributed by atoms with Crippen molar-refractivity contribution in [3.8, 4) is 23.3 Å². The van der Waals surface area contributed by atoms with E-state index < -0.39 is 17.5 Å². The summed E-state index contributed by atoms with van der Waals surface area (Å²) in [5, 5.41) is 11.8. The van der Waals surface area contributed by atoms with Crippen LogP contribution in [-0.2, 0) is 4.79 Å². The number of hydrogen-bond donors (Lipinski definition) is 0. The summed E-state index contributed by atoms with van der Waals surface area (Å²) in [7, 11) is 1.82. The van der Waals surface area contributed by atoms with Gasteiger partial charge >= 0.3 is 6.01 Å². The molecule has 2 aromatic heterocycles. The quantitative estimate of drug-likeness (QED) is 0.210. The predicted octanol–water partition coefficient (Wildman–Crippen LogP) is 6.10. The van der Waals surface area contributed by atoms with Crippen LogP contribution in [0.15, 0.2) is 55.3 Å². The number of carbonyl (C=O) groups excluding carboxylic acids is 1. The lowest BCUT2D eigenvalue weighted by atomic mass is 9.95. The van der Waals surface area contributed by atoms with E-state index in [2.05, 4.69) is 27.5 Å². The highest BCUT2D eigenvalue weighted by atomic mass is 35.5. The molecule has 4 aromatic rings. The van der Waals surface area contributed by atoms with Crippen LogP contribution in [0.3, 0.4) is 0 Å². The molecule has 0 aliphatic carbocycles. The van der Waals surface area contributed by atoms with Crippen LogP contribution < -0.4 is 9.64 Å². The first kappa shape index (κ1) is 31.2. The Morgan fingerprint density at radius 1 is 1.28 bits per heavy atom. The van der Waals surface area contributed by atoms with E-state index in [0.29, 0.717) is 53.1 Å². The molecule has 0 N–H and O–H groups in total. The van der Waals surface area contributed by atoms with Gasteiger partial charge in [0.2, 0.25) is 5.91 Å². The van der Waals surface area contributed by atoms with Gasteiger partial charge in [0.1, 0.15) is 29.8 Å². The van der Waals surface area contributed by atoms with Gasteiger partial charge in [-0.05, 0) is 43.3 Å². The van der Waals surface area contributed by atoms with Gasteiger partial charge in [0.25, 0.3) is 0 Å². The maximum atomic E-state index is 16.8. The topological polar surface area (TPSA) is 98.5 Å². The lowest BCUT2D eigenvalue weighted by Gasteiger charge is -2.31. The van der Waals surface area contributed by atoms with E-state index in [9.17, 15) is 14.4 Å². The van der Waals surface area contributed by atoms with Crippen LogP contribution in [0.2, 0.25) is 5.02 Å². The molecule has 0 bridgehead atoms. The van der Waals surface area contributed by atoms with Crippen molar-refractivity contribution in [3.05, 3.63) is 66.1 Å². The smallest absolute Gasteiger partial charge is 0.319 e. The molecule has 2 aromatic carbocycles. The molecule has 3 fully saturated rings. The summed E-state index contributed by atoms with van der Waals surface area (Å²) >= 11 is 6.60. The Balaban J connectivity index is 1.32. The molecule has 7 rings (SSSR count). The number of pyridine rings is 1. The minimum Gasteiger partial charge on any atom is -0.461 e. The van der Waals surface area contributed by atoms with Crippen molar-refractivity contribution in [3.63, 3.8) is 0 Å². The third-order valence-electron chi connectivity index (χ3n) is 10.0. The fraction of sp³-hybridized carbons (Fsp3) is 0.400. The zero-order valence-electron chi connectivity index (χ0n) is 26.0. The molecule has 0 spiro atoms. The standard InChI is InChI=1S/C35H34ClF2N7O2/c1-3-28(46)45-19-24(15-23(45)11-13-39)43(2)33-26-17-40-31(25-9-4-7-21-8-5-10-27(36)29(21)25)30(38)32(26)41-34(42-33)47-20-35-12-6-14-44(35)18-22(37)16-35/h3-5,7-10,17,22-24H,1,6,11-12,14-16,18-20H2,2H3/t22-,23-,24-,35+/m1/s1. The van der Waals surface area contributed by atoms with Gasteiger partial charge in [0.05, 0.1) is 23.4 Å². The number of carbonyl (C=O) groups is 1. The largest absolute Gasteiger partial charge is 0.461 e. The van der Waals surface area contributed by atoms with Gasteiger partial charge in [-0.25, -0.2) is 8.78 Å². The molecule has 242 valence electrons. The lowest BCUT2D eigenvalue weighted by molar-refractivity contribution is -0.126. The molecule has 1 amide bonds. The third-order valence-corrected chi connectivity index (χ3v) is 10.4. The van der Waals surface area contributed by atoms with Crippen LogP contribution in [0.4, 0.5) is 14.6 Å². The first-order chi connectivity index (χ1) is 22.7. The highest BCUT2D eigenvalue weighted by Crippen LogP contribution is 2.41. The predicted molar refractivity (Wildman–Crippen MR) is 177 cm³/mol. The molecule has 3 aliphatic heterocycles. The lowest BCUT2D eigenvalue weighted by Crippen LogP contribution is -2.43. The number of nitriles is 1. The van der Waals surface area contributed by atoms with Crippen molar-refractivity contribution in [1.29, 1.82) is 5.26 Å². The van der Waals surface area contributed by atoms with Crippen molar-refractivity contribution in [2.75, 3.05) is 38.2 Å². The van der Waals surface area contributed by atoms with E-state index in [1.54, 1.807) is 23.2 Å². The van der Waals surface area contributed by atoms with Gasteiger partial charge in [-0.1, -0.05) is 48.5 Å². The van der Waals surface area contributed by atoms with E-state index in [1.807, 2.05) is 36.2 Å². The van der Waals surface area contributed by atoms with Gasteiger partial charge in [0.15, 0.2) is 5.82 Å². The summed E-state index contributed by atoms with van der Waals surface area (Å²) in [5.74, 6) is -0.533. The minimum absolute atomic E-state index is 0.0204. The number of likely N-dealkylation sites (tertiary alicyclic amines) is 1. The molecule has 0 saturated carbocycles. The number of halogens is 3. The summed E-state index contributed by atoms with van der Waals surface area (Å²) in [6, 6.07) is 12.6. The SMILES string of the molecule is C=CC(=O)N1C[C@H](N(C)c2nc(OC[C@@]34CCCN3C[C@H](F)C4)nc3c(F)c(-c4cccc5cccc(Cl)c45)ncc23)C[C@H]1CC#N. The van der Waals surface area contributed by atoms with E-state index in [0.717, 1.165) is 24.8 Å². The van der Waals surface area contributed by atoms with E-state index in [-0.39, 0.29) is 48.2 Å². The Kier molecular flexibility index (Phi) is 8.18. The number of amides is 1. The van der Waals surface area contributed by atoms with Crippen LogP contribution in [0.25, 0.3) is 32.9 Å². The summed E-state index contributed by atoms with van der Waals surface area (Å²) in [6.45, 7) is 5.30. The zero-order valence-corrected chi connectivity index (χ0v) is 26.8. The Labute approximate surface area is 276 Å². The number of likely N-dealkylation sites (N-methyl/N-ethyl adjacent to an activating group) is 1. The van der Waals surface area contributed by atoms with Gasteiger partial charge in [-0.15, -0.1) is 0 Å². The normalized spacial score (nSPS) is 24.1. The van der Waals surface area contributed by atoms with Crippen LogP contribution in [0.5, 0.6) is 6.01 Å². The summed E-state index contributed by atoms with van der Waals surface area (Å²) in [5.41, 5.74) is 0.181. The van der Waals surface area contributed by atoms with E-state index in [4.69, 9.17) is 21.3 Å². The summed E-state index contributed by atoms with van der Waals surface area (Å²) in [4.78, 5) is 32.2. The highest BCUT2D eigenvalue weighted by molar-refractivity contribution is 6.36. The third kappa shape index (κ3) is 5.43. The molecule has 0 radical (unpaired) electrons. The van der Waals surface area contributed by atoms with Gasteiger partial charge in [0, 0.05) is 60.8 Å². The number of rotatable bonds is 8. The molecule has 0 unspecified atom stereocenters. The number of alkyl halides is 1. The van der Waals surface area contributed by atoms with E-state index in [1.165, 1.54) is 6.08 Å². The molecule has 4 atom stereocenters. The fourth-order valence-corrected chi connectivity index (χ4v) is 8.00. The number of fused-ring (bicyclic) bond motifs is 3. The Hall–Kier alpha value is -4.40. The van der Waals surface area contributed by atoms with Crippen molar-refractivity contribution in [1.82, 2.24) is 24.8 Å². The van der Waals surface area contributed by atoms with Crippen LogP contribution in [0, 0.1) is 17.1 Å². The van der Waals surface area contributed by atoms with Gasteiger partial charge < -0.3 is 14.5 Å². The van der Waals surface area contributed by atoms with Gasteiger partial charge in [-0.2, -0.15) is 15.2 Å². The number of aromatic nitrogens is 3. The maximum absolute atomic E-state index is 16.8. The van der Waals surface area contributed by atoms with E-state index >= 15 is 4.39 Å². The highest BCUT2D eigenvalue weighted by Gasteiger charge is 2.49. The second-order valence-electron chi connectivity index (χ2n) is 12.7. The number of anilines is 1. The molecular weight excluding hydrogens is 624 g/mol. The van der Waals surface area contributed by atoms with Crippen molar-refractivity contribution < 1.29 is 18.3 Å². The molecule has 9 nitrogen and oxygen atoms in total. The number of hydrogen-bond acceptors (Lipinski definition) is 8. The summed E-state index contributed by atoms with van der Waals surface area (Å²) < 4.78 is 37.5. The monoisotopic (exact) mass is 657 g/mol. The van der Waals surface area contributed by atoms with Gasteiger partial charge in [-0.3, -0.25) is 14.7 Å².